The Morgan fingerprint density at radius 1 is 1.38 bits per heavy atom. The van der Waals surface area contributed by atoms with Crippen LogP contribution in [-0.2, 0) is 13.9 Å². The third-order valence-corrected chi connectivity index (χ3v) is 4.91. The summed E-state index contributed by atoms with van der Waals surface area (Å²) in [5, 5.41) is 2.30. The zero-order chi connectivity index (χ0) is 22.2. The first kappa shape index (κ1) is 23.4. The minimum absolute atomic E-state index is 0.108. The van der Waals surface area contributed by atoms with Crippen LogP contribution in [0.25, 0.3) is 0 Å². The minimum atomic E-state index is -3.42. The van der Waals surface area contributed by atoms with E-state index in [1.54, 1.807) is 27.7 Å². The summed E-state index contributed by atoms with van der Waals surface area (Å²) in [5.74, 6) is -3.53. The SMILES string of the molecule is CC[C@H]1O[C@@H](n2ccc(NC(=O)OC(C)(C)C)nc2=O)C(F)(F)C1O[Si](C)(C)C. The van der Waals surface area contributed by atoms with Crippen LogP contribution in [-0.4, -0.2) is 47.7 Å². The molecule has 1 N–H and O–H groups in total. The van der Waals surface area contributed by atoms with Crippen molar-refractivity contribution < 1.29 is 27.5 Å². The first-order valence-corrected chi connectivity index (χ1v) is 12.8. The first-order valence-electron chi connectivity index (χ1n) is 9.44. The van der Waals surface area contributed by atoms with Crippen molar-refractivity contribution in [3.05, 3.63) is 22.7 Å². The summed E-state index contributed by atoms with van der Waals surface area (Å²) in [6.07, 6.45) is -3.53. The molecule has 11 heteroatoms. The molecule has 0 aromatic carbocycles. The van der Waals surface area contributed by atoms with Crippen LogP contribution in [0.1, 0.15) is 40.3 Å². The quantitative estimate of drug-likeness (QED) is 0.711. The van der Waals surface area contributed by atoms with Gasteiger partial charge in [0.2, 0.25) is 6.23 Å². The number of halogens is 2. The molecular weight excluding hydrogens is 404 g/mol. The van der Waals surface area contributed by atoms with Gasteiger partial charge in [-0.15, -0.1) is 0 Å². The summed E-state index contributed by atoms with van der Waals surface area (Å²) < 4.78 is 47.2. The van der Waals surface area contributed by atoms with Crippen LogP contribution in [0.5, 0.6) is 0 Å². The third-order valence-electron chi connectivity index (χ3n) is 3.94. The van der Waals surface area contributed by atoms with Gasteiger partial charge in [-0.2, -0.15) is 13.8 Å². The number of rotatable bonds is 5. The maximum Gasteiger partial charge on any atom is 0.413 e. The van der Waals surface area contributed by atoms with Crippen molar-refractivity contribution in [3.63, 3.8) is 0 Å². The number of hydrogen-bond donors (Lipinski definition) is 1. The summed E-state index contributed by atoms with van der Waals surface area (Å²) in [5.41, 5.74) is -1.72. The number of nitrogens with one attached hydrogen (secondary N) is 1. The molecular formula is C18H29F2N3O5Si. The third kappa shape index (κ3) is 5.83. The van der Waals surface area contributed by atoms with Gasteiger partial charge in [-0.1, -0.05) is 6.92 Å². The molecule has 0 spiro atoms. The van der Waals surface area contributed by atoms with Gasteiger partial charge in [0.15, 0.2) is 8.32 Å². The Morgan fingerprint density at radius 3 is 2.48 bits per heavy atom. The van der Waals surface area contributed by atoms with Crippen molar-refractivity contribution in [2.75, 3.05) is 5.32 Å². The molecule has 8 nitrogen and oxygen atoms in total. The molecule has 0 saturated carbocycles. The van der Waals surface area contributed by atoms with E-state index in [1.807, 2.05) is 19.6 Å². The van der Waals surface area contributed by atoms with E-state index in [2.05, 4.69) is 10.3 Å². The molecule has 1 fully saturated rings. The van der Waals surface area contributed by atoms with Crippen LogP contribution in [0.15, 0.2) is 17.1 Å². The number of carbonyl (C=O) groups excluding carboxylic acids is 1. The van der Waals surface area contributed by atoms with E-state index in [0.29, 0.717) is 6.42 Å². The van der Waals surface area contributed by atoms with Crippen LogP contribution < -0.4 is 11.0 Å². The molecule has 1 aliphatic rings. The highest BCUT2D eigenvalue weighted by atomic mass is 28.4. The molecule has 2 heterocycles. The lowest BCUT2D eigenvalue weighted by Crippen LogP contribution is -2.47. The number of nitrogens with zero attached hydrogens (tertiary/aromatic N) is 2. The van der Waals surface area contributed by atoms with E-state index in [-0.39, 0.29) is 5.82 Å². The van der Waals surface area contributed by atoms with Crippen molar-refractivity contribution in [3.8, 4) is 0 Å². The lowest BCUT2D eigenvalue weighted by molar-refractivity contribution is -0.137. The fraction of sp³-hybridized carbons (Fsp3) is 0.722. The topological polar surface area (TPSA) is 91.7 Å². The number of hydrogen-bond acceptors (Lipinski definition) is 6. The monoisotopic (exact) mass is 433 g/mol. The Hall–Kier alpha value is -1.85. The predicted molar refractivity (Wildman–Crippen MR) is 106 cm³/mol. The van der Waals surface area contributed by atoms with Gasteiger partial charge in [0.05, 0.1) is 6.10 Å². The smallest absolute Gasteiger partial charge is 0.413 e. The van der Waals surface area contributed by atoms with Gasteiger partial charge in [-0.25, -0.2) is 9.59 Å². The van der Waals surface area contributed by atoms with Gasteiger partial charge in [0, 0.05) is 6.20 Å². The molecule has 2 rings (SSSR count). The van der Waals surface area contributed by atoms with Crippen molar-refractivity contribution >= 4 is 20.2 Å². The molecule has 1 aliphatic heterocycles. The second kappa shape index (κ2) is 8.11. The number of anilines is 1. The molecule has 1 aromatic rings. The largest absolute Gasteiger partial charge is 0.444 e. The number of ether oxygens (including phenoxy) is 2. The van der Waals surface area contributed by atoms with E-state index >= 15 is 8.78 Å². The predicted octanol–water partition coefficient (Wildman–Crippen LogP) is 3.75. The summed E-state index contributed by atoms with van der Waals surface area (Å²) in [4.78, 5) is 27.8. The molecule has 3 atom stereocenters. The highest BCUT2D eigenvalue weighted by Gasteiger charge is 2.61. The second-order valence-electron chi connectivity index (χ2n) is 8.89. The Morgan fingerprint density at radius 2 is 2.00 bits per heavy atom. The van der Waals surface area contributed by atoms with E-state index in [1.165, 1.54) is 6.07 Å². The second-order valence-corrected chi connectivity index (χ2v) is 13.4. The molecule has 1 saturated heterocycles. The highest BCUT2D eigenvalue weighted by Crippen LogP contribution is 2.45. The average Bonchev–Trinajstić information content (AvgIpc) is 2.75. The molecule has 0 aliphatic carbocycles. The molecule has 1 aromatic heterocycles. The summed E-state index contributed by atoms with van der Waals surface area (Å²) in [7, 11) is -2.28. The van der Waals surface area contributed by atoms with Crippen LogP contribution in [0.3, 0.4) is 0 Å². The zero-order valence-electron chi connectivity index (χ0n) is 17.8. The Kier molecular flexibility index (Phi) is 6.55. The summed E-state index contributed by atoms with van der Waals surface area (Å²) in [6, 6.07) is 1.23. The molecule has 29 heavy (non-hydrogen) atoms. The Balaban J connectivity index is 2.26. The van der Waals surface area contributed by atoms with Gasteiger partial charge >= 0.3 is 17.7 Å². The minimum Gasteiger partial charge on any atom is -0.444 e. The van der Waals surface area contributed by atoms with E-state index in [4.69, 9.17) is 13.9 Å². The number of alkyl halides is 2. The summed E-state index contributed by atoms with van der Waals surface area (Å²) in [6.45, 7) is 12.2. The van der Waals surface area contributed by atoms with Crippen LogP contribution in [0.4, 0.5) is 19.4 Å². The molecule has 0 radical (unpaired) electrons. The van der Waals surface area contributed by atoms with E-state index in [0.717, 1.165) is 10.8 Å². The number of amides is 1. The van der Waals surface area contributed by atoms with E-state index < -0.39 is 50.1 Å². The number of aromatic nitrogens is 2. The summed E-state index contributed by atoms with van der Waals surface area (Å²) >= 11 is 0. The van der Waals surface area contributed by atoms with Crippen LogP contribution in [0, 0.1) is 0 Å². The molecule has 1 amide bonds. The maximum atomic E-state index is 15.1. The van der Waals surface area contributed by atoms with Crippen molar-refractivity contribution in [1.82, 2.24) is 9.55 Å². The Bertz CT molecular complexity index is 804. The molecule has 164 valence electrons. The lowest BCUT2D eigenvalue weighted by atomic mass is 10.1. The van der Waals surface area contributed by atoms with Crippen LogP contribution in [0.2, 0.25) is 19.6 Å². The molecule has 1 unspecified atom stereocenters. The molecule has 0 bridgehead atoms. The fourth-order valence-corrected chi connectivity index (χ4v) is 3.95. The normalized spacial score (nSPS) is 24.4. The average molecular weight is 434 g/mol. The van der Waals surface area contributed by atoms with E-state index in [9.17, 15) is 9.59 Å². The van der Waals surface area contributed by atoms with Crippen LogP contribution >= 0.6 is 0 Å². The maximum absolute atomic E-state index is 15.1. The standard InChI is InChI=1S/C18H29F2N3O5Si/c1-8-11-13(28-29(5,6)7)18(19,20)14(26-11)23-10-9-12(21-15(23)24)22-16(25)27-17(2,3)4/h9-11,13-14H,8H2,1-7H3,(H,21,22,24,25)/t11-,13?,14-/m1/s1. The van der Waals surface area contributed by atoms with Gasteiger partial charge in [-0.05, 0) is 52.9 Å². The van der Waals surface area contributed by atoms with Gasteiger partial charge in [0.25, 0.3) is 0 Å². The van der Waals surface area contributed by atoms with Gasteiger partial charge < -0.3 is 13.9 Å². The number of carbonyl (C=O) groups is 1. The van der Waals surface area contributed by atoms with Crippen molar-refractivity contribution in [2.24, 2.45) is 0 Å². The van der Waals surface area contributed by atoms with Gasteiger partial charge in [-0.3, -0.25) is 9.88 Å². The Labute approximate surface area is 169 Å². The van der Waals surface area contributed by atoms with Crippen molar-refractivity contribution in [2.45, 2.75) is 83.7 Å². The zero-order valence-corrected chi connectivity index (χ0v) is 18.8. The highest BCUT2D eigenvalue weighted by molar-refractivity contribution is 6.69. The van der Waals surface area contributed by atoms with Gasteiger partial charge in [0.1, 0.15) is 17.5 Å². The fourth-order valence-electron chi connectivity index (χ4n) is 2.88. The first-order chi connectivity index (χ1) is 13.1. The van der Waals surface area contributed by atoms with Crippen molar-refractivity contribution in [1.29, 1.82) is 0 Å². The lowest BCUT2D eigenvalue weighted by Gasteiger charge is -2.30.